The van der Waals surface area contributed by atoms with Crippen LogP contribution in [0.5, 0.6) is 5.75 Å². The molecule has 0 atom stereocenters. The fourth-order valence-electron chi connectivity index (χ4n) is 3.22. The van der Waals surface area contributed by atoms with E-state index >= 15 is 0 Å². The number of rotatable bonds is 10. The third kappa shape index (κ3) is 7.61. The summed E-state index contributed by atoms with van der Waals surface area (Å²) in [6.45, 7) is 5.22. The fraction of sp³-hybridized carbons (Fsp3) is 0.259. The highest BCUT2D eigenvalue weighted by Gasteiger charge is 2.17. The van der Waals surface area contributed by atoms with Gasteiger partial charge in [0.15, 0.2) is 5.11 Å². The standard InChI is InChI=1S/C27H29N3O4S/c1-3-5-18-34-24-12-8-21(9-13-24)25(31)29-27(35)30(19-20-14-16-28-17-15-20)23-10-6-22(7-11-23)26(32)33-4-2/h6-17H,3-5,18-19H2,1-2H3,(H,29,31,35). The van der Waals surface area contributed by atoms with Crippen molar-refractivity contribution in [2.75, 3.05) is 18.1 Å². The van der Waals surface area contributed by atoms with Gasteiger partial charge >= 0.3 is 5.97 Å². The van der Waals surface area contributed by atoms with Crippen LogP contribution in [-0.4, -0.2) is 35.2 Å². The molecule has 3 rings (SSSR count). The van der Waals surface area contributed by atoms with Crippen LogP contribution in [0.15, 0.2) is 73.1 Å². The first-order valence-electron chi connectivity index (χ1n) is 11.5. The predicted octanol–water partition coefficient (Wildman–Crippen LogP) is 5.16. The van der Waals surface area contributed by atoms with Gasteiger partial charge < -0.3 is 14.4 Å². The monoisotopic (exact) mass is 491 g/mol. The molecule has 1 heterocycles. The van der Waals surface area contributed by atoms with Gasteiger partial charge in [0.1, 0.15) is 5.75 Å². The molecule has 0 fully saturated rings. The van der Waals surface area contributed by atoms with Crippen molar-refractivity contribution >= 4 is 34.9 Å². The highest BCUT2D eigenvalue weighted by molar-refractivity contribution is 7.80. The number of anilines is 1. The molecule has 0 aliphatic carbocycles. The number of carbonyl (C=O) groups excluding carboxylic acids is 2. The Labute approximate surface area is 211 Å². The number of amides is 1. The average molecular weight is 492 g/mol. The fourth-order valence-corrected chi connectivity index (χ4v) is 3.48. The summed E-state index contributed by atoms with van der Waals surface area (Å²) in [6.07, 6.45) is 5.43. The molecule has 182 valence electrons. The number of esters is 1. The van der Waals surface area contributed by atoms with E-state index in [1.54, 1.807) is 72.7 Å². The number of nitrogens with zero attached hydrogens (tertiary/aromatic N) is 2. The maximum atomic E-state index is 12.9. The van der Waals surface area contributed by atoms with Gasteiger partial charge in [-0.2, -0.15) is 0 Å². The van der Waals surface area contributed by atoms with E-state index in [1.807, 2.05) is 12.1 Å². The van der Waals surface area contributed by atoms with Crippen LogP contribution in [0.2, 0.25) is 0 Å². The minimum atomic E-state index is -0.391. The number of unbranched alkanes of at least 4 members (excludes halogenated alkanes) is 1. The number of ether oxygens (including phenoxy) is 2. The van der Waals surface area contributed by atoms with Crippen LogP contribution in [0, 0.1) is 0 Å². The number of hydrogen-bond acceptors (Lipinski definition) is 6. The van der Waals surface area contributed by atoms with E-state index in [1.165, 1.54) is 0 Å². The summed E-state index contributed by atoms with van der Waals surface area (Å²) >= 11 is 5.62. The van der Waals surface area contributed by atoms with Gasteiger partial charge in [0.25, 0.3) is 5.91 Å². The quantitative estimate of drug-likeness (QED) is 0.238. The molecule has 7 nitrogen and oxygen atoms in total. The normalized spacial score (nSPS) is 10.3. The van der Waals surface area contributed by atoms with E-state index < -0.39 is 5.97 Å². The Morgan fingerprint density at radius 1 is 0.943 bits per heavy atom. The second kappa shape index (κ2) is 13.2. The topological polar surface area (TPSA) is 80.8 Å². The molecule has 0 spiro atoms. The highest BCUT2D eigenvalue weighted by Crippen LogP contribution is 2.20. The van der Waals surface area contributed by atoms with Crippen molar-refractivity contribution in [3.05, 3.63) is 89.7 Å². The molecule has 0 unspecified atom stereocenters. The van der Waals surface area contributed by atoms with Crippen LogP contribution < -0.4 is 15.0 Å². The van der Waals surface area contributed by atoms with Crippen molar-refractivity contribution in [1.82, 2.24) is 10.3 Å². The smallest absolute Gasteiger partial charge is 0.338 e. The van der Waals surface area contributed by atoms with Crippen LogP contribution >= 0.6 is 12.2 Å². The van der Waals surface area contributed by atoms with Gasteiger partial charge in [0.05, 0.1) is 25.3 Å². The number of pyridine rings is 1. The van der Waals surface area contributed by atoms with Crippen LogP contribution in [-0.2, 0) is 11.3 Å². The summed E-state index contributed by atoms with van der Waals surface area (Å²) in [7, 11) is 0. The molecular formula is C27H29N3O4S. The van der Waals surface area contributed by atoms with E-state index in [9.17, 15) is 9.59 Å². The summed E-state index contributed by atoms with van der Waals surface area (Å²) in [5, 5.41) is 3.05. The summed E-state index contributed by atoms with van der Waals surface area (Å²) < 4.78 is 10.7. The molecule has 3 aromatic rings. The number of aromatic nitrogens is 1. The van der Waals surface area contributed by atoms with Crippen molar-refractivity contribution < 1.29 is 19.1 Å². The van der Waals surface area contributed by atoms with Gasteiger partial charge in [-0.1, -0.05) is 13.3 Å². The zero-order valence-electron chi connectivity index (χ0n) is 19.9. The Morgan fingerprint density at radius 2 is 1.60 bits per heavy atom. The van der Waals surface area contributed by atoms with Crippen molar-refractivity contribution in [1.29, 1.82) is 0 Å². The lowest BCUT2D eigenvalue weighted by Crippen LogP contribution is -2.42. The second-order valence-corrected chi connectivity index (χ2v) is 8.08. The van der Waals surface area contributed by atoms with Gasteiger partial charge in [0, 0.05) is 23.6 Å². The summed E-state index contributed by atoms with van der Waals surface area (Å²) in [4.78, 5) is 30.8. The molecule has 0 saturated heterocycles. The summed E-state index contributed by atoms with van der Waals surface area (Å²) in [5.41, 5.74) is 2.59. The lowest BCUT2D eigenvalue weighted by atomic mass is 10.1. The molecule has 0 aliphatic rings. The molecule has 0 saturated carbocycles. The number of nitrogens with one attached hydrogen (secondary N) is 1. The van der Waals surface area contributed by atoms with Crippen molar-refractivity contribution in [2.45, 2.75) is 33.2 Å². The maximum absolute atomic E-state index is 12.9. The first kappa shape index (κ1) is 25.8. The third-order valence-electron chi connectivity index (χ3n) is 5.13. The van der Waals surface area contributed by atoms with Crippen LogP contribution in [0.1, 0.15) is 53.0 Å². The Hall–Kier alpha value is -3.78. The SMILES string of the molecule is CCCCOc1ccc(C(=O)NC(=S)N(Cc2ccncc2)c2ccc(C(=O)OCC)cc2)cc1. The summed E-state index contributed by atoms with van der Waals surface area (Å²) in [5.74, 6) is 0.00861. The van der Waals surface area contributed by atoms with Crippen molar-refractivity contribution in [3.8, 4) is 5.75 Å². The molecule has 8 heteroatoms. The van der Waals surface area contributed by atoms with Gasteiger partial charge in [-0.05, 0) is 91.8 Å². The Balaban J connectivity index is 1.75. The third-order valence-corrected chi connectivity index (χ3v) is 5.45. The van der Waals surface area contributed by atoms with E-state index in [-0.39, 0.29) is 11.0 Å². The van der Waals surface area contributed by atoms with E-state index in [0.717, 1.165) is 29.8 Å². The van der Waals surface area contributed by atoms with Crippen LogP contribution in [0.4, 0.5) is 5.69 Å². The van der Waals surface area contributed by atoms with Gasteiger partial charge in [-0.25, -0.2) is 4.79 Å². The number of hydrogen-bond donors (Lipinski definition) is 1. The van der Waals surface area contributed by atoms with E-state index in [2.05, 4.69) is 17.2 Å². The number of benzene rings is 2. The molecule has 0 aliphatic heterocycles. The van der Waals surface area contributed by atoms with Gasteiger partial charge in [-0.15, -0.1) is 0 Å². The number of thiocarbonyl (C=S) groups is 1. The minimum Gasteiger partial charge on any atom is -0.494 e. The zero-order valence-corrected chi connectivity index (χ0v) is 20.7. The molecule has 1 aromatic heterocycles. The molecule has 35 heavy (non-hydrogen) atoms. The van der Waals surface area contributed by atoms with Crippen molar-refractivity contribution in [2.24, 2.45) is 0 Å². The molecular weight excluding hydrogens is 462 g/mol. The average Bonchev–Trinajstić information content (AvgIpc) is 2.88. The van der Waals surface area contributed by atoms with E-state index in [4.69, 9.17) is 21.7 Å². The zero-order chi connectivity index (χ0) is 25.0. The Kier molecular flexibility index (Phi) is 9.74. The van der Waals surface area contributed by atoms with Crippen LogP contribution in [0.3, 0.4) is 0 Å². The lowest BCUT2D eigenvalue weighted by Gasteiger charge is -2.26. The molecule has 1 N–H and O–H groups in total. The van der Waals surface area contributed by atoms with E-state index in [0.29, 0.717) is 30.9 Å². The molecule has 2 aromatic carbocycles. The first-order valence-corrected chi connectivity index (χ1v) is 11.9. The predicted molar refractivity (Wildman–Crippen MR) is 140 cm³/mol. The second-order valence-electron chi connectivity index (χ2n) is 7.69. The first-order chi connectivity index (χ1) is 17.0. The largest absolute Gasteiger partial charge is 0.494 e. The Bertz CT molecular complexity index is 1120. The lowest BCUT2D eigenvalue weighted by molar-refractivity contribution is 0.0526. The minimum absolute atomic E-state index is 0.235. The Morgan fingerprint density at radius 3 is 2.23 bits per heavy atom. The molecule has 0 bridgehead atoms. The number of carbonyl (C=O) groups is 2. The molecule has 0 radical (unpaired) electrons. The summed E-state index contributed by atoms with van der Waals surface area (Å²) in [6, 6.07) is 17.6. The highest BCUT2D eigenvalue weighted by atomic mass is 32.1. The maximum Gasteiger partial charge on any atom is 0.338 e. The van der Waals surface area contributed by atoms with Gasteiger partial charge in [0.2, 0.25) is 0 Å². The molecule has 1 amide bonds. The van der Waals surface area contributed by atoms with Crippen molar-refractivity contribution in [3.63, 3.8) is 0 Å². The van der Waals surface area contributed by atoms with Gasteiger partial charge in [-0.3, -0.25) is 15.1 Å². The van der Waals surface area contributed by atoms with Crippen LogP contribution in [0.25, 0.3) is 0 Å².